The maximum atomic E-state index is 13.0. The molecule has 0 spiro atoms. The third kappa shape index (κ3) is 9.23. The molecule has 1 saturated carbocycles. The maximum Gasteiger partial charge on any atom is 0.408 e. The monoisotopic (exact) mass is 545 g/mol. The van der Waals surface area contributed by atoms with E-state index in [0.717, 1.165) is 43.2 Å². The molecule has 210 valence electrons. The van der Waals surface area contributed by atoms with Crippen molar-refractivity contribution in [3.05, 3.63) is 96.1 Å². The number of hydrogen-bond acceptors (Lipinski definition) is 6. The van der Waals surface area contributed by atoms with Crippen molar-refractivity contribution < 1.29 is 23.9 Å². The van der Waals surface area contributed by atoms with Crippen molar-refractivity contribution in [2.45, 2.75) is 51.4 Å². The molecular weight excluding hydrogens is 510 g/mol. The van der Waals surface area contributed by atoms with Crippen molar-refractivity contribution in [2.24, 2.45) is 5.92 Å². The Bertz CT molecular complexity index is 1240. The van der Waals surface area contributed by atoms with Crippen LogP contribution in [0.4, 0.5) is 15.3 Å². The van der Waals surface area contributed by atoms with Gasteiger partial charge in [-0.25, -0.2) is 15.0 Å². The third-order valence-electron chi connectivity index (χ3n) is 6.59. The normalized spacial score (nSPS) is 13.8. The zero-order chi connectivity index (χ0) is 28.0. The number of urea groups is 1. The molecule has 10 heteroatoms. The molecule has 4 rings (SSSR count). The summed E-state index contributed by atoms with van der Waals surface area (Å²) in [6.07, 6.45) is 3.95. The molecule has 0 radical (unpaired) electrons. The topological polar surface area (TPSA) is 130 Å². The highest BCUT2D eigenvalue weighted by molar-refractivity contribution is 5.88. The number of ether oxygens (including phenoxy) is 2. The van der Waals surface area contributed by atoms with Gasteiger partial charge in [0.15, 0.2) is 0 Å². The maximum absolute atomic E-state index is 13.0. The quantitative estimate of drug-likeness (QED) is 0.233. The first-order valence-electron chi connectivity index (χ1n) is 13.4. The van der Waals surface area contributed by atoms with Gasteiger partial charge in [-0.15, -0.1) is 0 Å². The SMILES string of the molecule is O=C(NNC(=O)C(NC(=O)OCc1ccccc1)C1CCCCC1)NNc1cccc(OCc2ccccc2)c1. The van der Waals surface area contributed by atoms with Crippen molar-refractivity contribution in [3.63, 3.8) is 0 Å². The summed E-state index contributed by atoms with van der Waals surface area (Å²) in [5.74, 6) is 0.0552. The molecule has 0 saturated heterocycles. The molecule has 1 aliphatic rings. The van der Waals surface area contributed by atoms with E-state index < -0.39 is 24.1 Å². The molecule has 5 N–H and O–H groups in total. The summed E-state index contributed by atoms with van der Waals surface area (Å²) in [7, 11) is 0. The van der Waals surface area contributed by atoms with E-state index in [1.54, 1.807) is 18.2 Å². The van der Waals surface area contributed by atoms with Crippen molar-refractivity contribution in [1.29, 1.82) is 0 Å². The average molecular weight is 546 g/mol. The Kier molecular flexibility index (Phi) is 10.6. The predicted molar refractivity (Wildman–Crippen MR) is 151 cm³/mol. The largest absolute Gasteiger partial charge is 0.489 e. The lowest BCUT2D eigenvalue weighted by Gasteiger charge is -2.29. The molecule has 0 bridgehead atoms. The van der Waals surface area contributed by atoms with E-state index in [9.17, 15) is 14.4 Å². The van der Waals surface area contributed by atoms with Crippen molar-refractivity contribution in [1.82, 2.24) is 21.6 Å². The van der Waals surface area contributed by atoms with Gasteiger partial charge in [-0.3, -0.25) is 21.1 Å². The fourth-order valence-corrected chi connectivity index (χ4v) is 4.52. The van der Waals surface area contributed by atoms with Crippen LogP contribution in [-0.2, 0) is 22.7 Å². The number of anilines is 1. The predicted octanol–water partition coefficient (Wildman–Crippen LogP) is 4.80. The molecule has 1 fully saturated rings. The lowest BCUT2D eigenvalue weighted by molar-refractivity contribution is -0.125. The number of hydrogen-bond donors (Lipinski definition) is 5. The van der Waals surface area contributed by atoms with Crippen molar-refractivity contribution in [2.75, 3.05) is 5.43 Å². The first-order valence-corrected chi connectivity index (χ1v) is 13.4. The molecule has 40 heavy (non-hydrogen) atoms. The minimum atomic E-state index is -0.838. The molecule has 0 heterocycles. The third-order valence-corrected chi connectivity index (χ3v) is 6.59. The van der Waals surface area contributed by atoms with Crippen LogP contribution in [0.3, 0.4) is 0 Å². The second-order valence-corrected chi connectivity index (χ2v) is 9.58. The molecule has 0 aliphatic heterocycles. The van der Waals surface area contributed by atoms with Crippen LogP contribution in [-0.4, -0.2) is 24.1 Å². The second-order valence-electron chi connectivity index (χ2n) is 9.58. The van der Waals surface area contributed by atoms with E-state index in [1.165, 1.54) is 0 Å². The molecule has 0 aromatic heterocycles. The van der Waals surface area contributed by atoms with Crippen molar-refractivity contribution in [3.8, 4) is 5.75 Å². The van der Waals surface area contributed by atoms with Gasteiger partial charge in [-0.2, -0.15) is 0 Å². The van der Waals surface area contributed by atoms with Crippen LogP contribution in [0, 0.1) is 5.92 Å². The Morgan fingerprint density at radius 2 is 1.43 bits per heavy atom. The first-order chi connectivity index (χ1) is 19.6. The van der Waals surface area contributed by atoms with Gasteiger partial charge < -0.3 is 14.8 Å². The summed E-state index contributed by atoms with van der Waals surface area (Å²) in [6, 6.07) is 24.7. The average Bonchev–Trinajstić information content (AvgIpc) is 3.01. The number of rotatable bonds is 10. The molecule has 4 amide bonds. The minimum Gasteiger partial charge on any atom is -0.489 e. The molecule has 3 aromatic rings. The number of benzene rings is 3. The van der Waals surface area contributed by atoms with Gasteiger partial charge in [0.1, 0.15) is 25.0 Å². The summed E-state index contributed by atoms with van der Waals surface area (Å²) >= 11 is 0. The zero-order valence-electron chi connectivity index (χ0n) is 22.2. The molecule has 3 aromatic carbocycles. The number of alkyl carbamates (subject to hydrolysis) is 1. The Morgan fingerprint density at radius 3 is 2.12 bits per heavy atom. The van der Waals surface area contributed by atoms with Crippen LogP contribution >= 0.6 is 0 Å². The van der Waals surface area contributed by atoms with E-state index in [-0.39, 0.29) is 12.5 Å². The molecule has 1 aliphatic carbocycles. The van der Waals surface area contributed by atoms with Crippen LogP contribution in [0.15, 0.2) is 84.9 Å². The van der Waals surface area contributed by atoms with Gasteiger partial charge in [-0.05, 0) is 42.0 Å². The van der Waals surface area contributed by atoms with E-state index in [4.69, 9.17) is 9.47 Å². The lowest BCUT2D eigenvalue weighted by Crippen LogP contribution is -2.57. The van der Waals surface area contributed by atoms with Gasteiger partial charge in [0.05, 0.1) is 5.69 Å². The highest BCUT2D eigenvalue weighted by Gasteiger charge is 2.31. The number of carbonyl (C=O) groups is 3. The highest BCUT2D eigenvalue weighted by atomic mass is 16.5. The van der Waals surface area contributed by atoms with Crippen LogP contribution in [0.5, 0.6) is 5.75 Å². The van der Waals surface area contributed by atoms with Gasteiger partial charge in [-0.1, -0.05) is 86.0 Å². The Hall–Kier alpha value is -4.73. The smallest absolute Gasteiger partial charge is 0.408 e. The van der Waals surface area contributed by atoms with Gasteiger partial charge in [0, 0.05) is 6.07 Å². The standard InChI is InChI=1S/C30H35N5O5/c36-28(27(24-15-8-3-9-16-24)31-30(38)40-21-23-13-6-2-7-14-23)33-35-29(37)34-32-25-17-10-18-26(19-25)39-20-22-11-4-1-5-12-22/h1-2,4-7,10-14,17-19,24,27,32H,3,8-9,15-16,20-21H2,(H,31,38)(H,33,36)(H2,34,35,37). The van der Waals surface area contributed by atoms with E-state index in [1.807, 2.05) is 66.7 Å². The van der Waals surface area contributed by atoms with E-state index in [0.29, 0.717) is 18.0 Å². The number of hydrazine groups is 2. The summed E-state index contributed by atoms with van der Waals surface area (Å²) in [5, 5.41) is 2.69. The Balaban J connectivity index is 1.24. The zero-order valence-corrected chi connectivity index (χ0v) is 22.2. The first kappa shape index (κ1) is 28.3. The van der Waals surface area contributed by atoms with Crippen LogP contribution in [0.1, 0.15) is 43.2 Å². The van der Waals surface area contributed by atoms with Crippen molar-refractivity contribution >= 4 is 23.7 Å². The summed E-state index contributed by atoms with van der Waals surface area (Å²) < 4.78 is 11.1. The highest BCUT2D eigenvalue weighted by Crippen LogP contribution is 2.26. The summed E-state index contributed by atoms with van der Waals surface area (Å²) in [5.41, 5.74) is 12.5. The number of nitrogens with one attached hydrogen (secondary N) is 5. The second kappa shape index (κ2) is 15.0. The molecule has 1 atom stereocenters. The molecule has 10 nitrogen and oxygen atoms in total. The van der Waals surface area contributed by atoms with Gasteiger partial charge in [0.25, 0.3) is 5.91 Å². The fraction of sp³-hybridized carbons (Fsp3) is 0.300. The van der Waals surface area contributed by atoms with Crippen LogP contribution in [0.25, 0.3) is 0 Å². The van der Waals surface area contributed by atoms with Crippen LogP contribution in [0.2, 0.25) is 0 Å². The van der Waals surface area contributed by atoms with Gasteiger partial charge in [0.2, 0.25) is 0 Å². The summed E-state index contributed by atoms with van der Waals surface area (Å²) in [6.45, 7) is 0.511. The lowest BCUT2D eigenvalue weighted by atomic mass is 9.83. The summed E-state index contributed by atoms with van der Waals surface area (Å²) in [4.78, 5) is 37.9. The Morgan fingerprint density at radius 1 is 0.750 bits per heavy atom. The minimum absolute atomic E-state index is 0.0559. The molecular formula is C30H35N5O5. The van der Waals surface area contributed by atoms with Gasteiger partial charge >= 0.3 is 12.1 Å². The Labute approximate surface area is 233 Å². The molecule has 1 unspecified atom stereocenters. The number of amides is 4. The van der Waals surface area contributed by atoms with E-state index in [2.05, 4.69) is 27.0 Å². The van der Waals surface area contributed by atoms with Crippen LogP contribution < -0.4 is 31.8 Å². The number of carbonyl (C=O) groups excluding carboxylic acids is 3. The van der Waals surface area contributed by atoms with E-state index >= 15 is 0 Å². The fourth-order valence-electron chi connectivity index (χ4n) is 4.52.